The number of amides is 1. The number of hydrogen-bond acceptors (Lipinski definition) is 4. The summed E-state index contributed by atoms with van der Waals surface area (Å²) in [5, 5.41) is 3.51. The zero-order valence-electron chi connectivity index (χ0n) is 17.3. The van der Waals surface area contributed by atoms with Gasteiger partial charge in [0.15, 0.2) is 5.65 Å². The van der Waals surface area contributed by atoms with Gasteiger partial charge in [0.1, 0.15) is 6.29 Å². The molecular formula is C23H26N4O2. The first-order valence-electron chi connectivity index (χ1n) is 9.92. The van der Waals surface area contributed by atoms with Crippen LogP contribution in [0.15, 0.2) is 30.5 Å². The van der Waals surface area contributed by atoms with Crippen LogP contribution in [0.25, 0.3) is 5.65 Å². The van der Waals surface area contributed by atoms with E-state index in [1.165, 1.54) is 16.7 Å². The second-order valence-electron chi connectivity index (χ2n) is 7.95. The number of pyridine rings is 1. The summed E-state index contributed by atoms with van der Waals surface area (Å²) in [6.45, 7) is 9.84. The summed E-state index contributed by atoms with van der Waals surface area (Å²) < 4.78 is 1.98. The highest BCUT2D eigenvalue weighted by molar-refractivity contribution is 5.97. The van der Waals surface area contributed by atoms with E-state index in [9.17, 15) is 9.59 Å². The fourth-order valence-corrected chi connectivity index (χ4v) is 3.88. The van der Waals surface area contributed by atoms with E-state index in [0.717, 1.165) is 29.0 Å². The van der Waals surface area contributed by atoms with Crippen molar-refractivity contribution in [2.24, 2.45) is 5.92 Å². The van der Waals surface area contributed by atoms with Gasteiger partial charge in [-0.3, -0.25) is 4.79 Å². The van der Waals surface area contributed by atoms with Gasteiger partial charge in [-0.15, -0.1) is 0 Å². The standard InChI is InChI=1S/C23H26N4O2/c1-14-6-5-7-15(2)20(14)9-24-21-8-19(23(29)26-10-18(11-26)13-28)12-27-17(4)16(3)25-22(21)27/h5-8,12-13,18,24H,9-11H2,1-4H3. The molecule has 4 rings (SSSR count). The van der Waals surface area contributed by atoms with Crippen LogP contribution in [0.4, 0.5) is 5.69 Å². The Morgan fingerprint density at radius 1 is 1.21 bits per heavy atom. The number of likely N-dealkylation sites (tertiary alicyclic amines) is 1. The lowest BCUT2D eigenvalue weighted by atomic mass is 10.0. The lowest BCUT2D eigenvalue weighted by Crippen LogP contribution is -2.50. The minimum atomic E-state index is -0.0501. The molecule has 6 heteroatoms. The normalized spacial score (nSPS) is 14.1. The molecule has 0 atom stereocenters. The lowest BCUT2D eigenvalue weighted by Gasteiger charge is -2.36. The molecule has 1 fully saturated rings. The van der Waals surface area contributed by atoms with Gasteiger partial charge >= 0.3 is 0 Å². The Morgan fingerprint density at radius 3 is 2.55 bits per heavy atom. The molecule has 0 spiro atoms. The zero-order valence-corrected chi connectivity index (χ0v) is 17.3. The van der Waals surface area contributed by atoms with Crippen molar-refractivity contribution in [1.29, 1.82) is 0 Å². The van der Waals surface area contributed by atoms with E-state index in [2.05, 4.69) is 37.4 Å². The third kappa shape index (κ3) is 3.39. The summed E-state index contributed by atoms with van der Waals surface area (Å²) in [5.41, 5.74) is 7.92. The summed E-state index contributed by atoms with van der Waals surface area (Å²) in [6, 6.07) is 8.16. The molecule has 0 bridgehead atoms. The van der Waals surface area contributed by atoms with Crippen molar-refractivity contribution < 1.29 is 9.59 Å². The number of imidazole rings is 1. The van der Waals surface area contributed by atoms with Crippen molar-refractivity contribution in [3.05, 3.63) is 64.1 Å². The fourth-order valence-electron chi connectivity index (χ4n) is 3.88. The first-order valence-corrected chi connectivity index (χ1v) is 9.92. The fraction of sp³-hybridized carbons (Fsp3) is 0.348. The summed E-state index contributed by atoms with van der Waals surface area (Å²) in [7, 11) is 0. The van der Waals surface area contributed by atoms with E-state index in [0.29, 0.717) is 25.2 Å². The van der Waals surface area contributed by atoms with Crippen LogP contribution in [0.2, 0.25) is 0 Å². The van der Waals surface area contributed by atoms with E-state index in [1.54, 1.807) is 4.90 Å². The molecule has 0 unspecified atom stereocenters. The van der Waals surface area contributed by atoms with Crippen LogP contribution in [-0.4, -0.2) is 39.6 Å². The number of nitrogens with zero attached hydrogens (tertiary/aromatic N) is 3. The monoisotopic (exact) mass is 390 g/mol. The molecule has 1 N–H and O–H groups in total. The first kappa shape index (κ1) is 19.2. The maximum Gasteiger partial charge on any atom is 0.255 e. The molecule has 1 saturated heterocycles. The van der Waals surface area contributed by atoms with E-state index in [4.69, 9.17) is 4.98 Å². The largest absolute Gasteiger partial charge is 0.378 e. The maximum absolute atomic E-state index is 12.9. The molecular weight excluding hydrogens is 364 g/mol. The highest BCUT2D eigenvalue weighted by Gasteiger charge is 2.31. The van der Waals surface area contributed by atoms with Gasteiger partial charge in [0, 0.05) is 37.4 Å². The molecule has 29 heavy (non-hydrogen) atoms. The summed E-state index contributed by atoms with van der Waals surface area (Å²) in [5.74, 6) is -0.0904. The Hall–Kier alpha value is -3.15. The predicted molar refractivity (Wildman–Crippen MR) is 113 cm³/mol. The van der Waals surface area contributed by atoms with Crippen molar-refractivity contribution in [2.45, 2.75) is 34.2 Å². The first-order chi connectivity index (χ1) is 13.9. The molecule has 3 aromatic rings. The van der Waals surface area contributed by atoms with Gasteiger partial charge in [-0.1, -0.05) is 18.2 Å². The number of aldehydes is 1. The molecule has 2 aromatic heterocycles. The highest BCUT2D eigenvalue weighted by atomic mass is 16.2. The molecule has 1 aromatic carbocycles. The highest BCUT2D eigenvalue weighted by Crippen LogP contribution is 2.26. The Balaban J connectivity index is 1.69. The minimum Gasteiger partial charge on any atom is -0.378 e. The molecule has 1 amide bonds. The molecule has 6 nitrogen and oxygen atoms in total. The van der Waals surface area contributed by atoms with Crippen molar-refractivity contribution in [3.8, 4) is 0 Å². The van der Waals surface area contributed by atoms with Crippen molar-refractivity contribution >= 4 is 23.5 Å². The predicted octanol–water partition coefficient (Wildman–Crippen LogP) is 3.45. The molecule has 3 heterocycles. The molecule has 1 aliphatic rings. The second kappa shape index (κ2) is 7.35. The van der Waals surface area contributed by atoms with Gasteiger partial charge in [-0.25, -0.2) is 4.98 Å². The van der Waals surface area contributed by atoms with Crippen molar-refractivity contribution in [3.63, 3.8) is 0 Å². The molecule has 0 aliphatic carbocycles. The van der Waals surface area contributed by atoms with Crippen LogP contribution in [0.3, 0.4) is 0 Å². The SMILES string of the molecule is Cc1cccc(C)c1CNc1cc(C(=O)N2CC(C=O)C2)cn2c(C)c(C)nc12. The number of carbonyl (C=O) groups excluding carboxylic acids is 2. The Bertz CT molecular complexity index is 1090. The molecule has 0 saturated carbocycles. The topological polar surface area (TPSA) is 66.7 Å². The van der Waals surface area contributed by atoms with E-state index >= 15 is 0 Å². The van der Waals surface area contributed by atoms with Crippen LogP contribution in [0, 0.1) is 33.6 Å². The minimum absolute atomic E-state index is 0.0402. The zero-order chi connectivity index (χ0) is 20.7. The van der Waals surface area contributed by atoms with Gasteiger partial charge in [0.05, 0.1) is 16.9 Å². The van der Waals surface area contributed by atoms with Crippen LogP contribution >= 0.6 is 0 Å². The number of anilines is 1. The Morgan fingerprint density at radius 2 is 1.90 bits per heavy atom. The number of hydrogen-bond donors (Lipinski definition) is 1. The number of rotatable bonds is 5. The summed E-state index contributed by atoms with van der Waals surface area (Å²) in [4.78, 5) is 30.2. The van der Waals surface area contributed by atoms with E-state index < -0.39 is 0 Å². The third-order valence-electron chi connectivity index (χ3n) is 5.93. The molecule has 1 aliphatic heterocycles. The maximum atomic E-state index is 12.9. The Labute approximate surface area is 170 Å². The number of aromatic nitrogens is 2. The summed E-state index contributed by atoms with van der Waals surface area (Å²) >= 11 is 0. The summed E-state index contributed by atoms with van der Waals surface area (Å²) in [6.07, 6.45) is 2.78. The number of fused-ring (bicyclic) bond motifs is 1. The van der Waals surface area contributed by atoms with Gasteiger partial charge in [-0.2, -0.15) is 0 Å². The molecule has 0 radical (unpaired) electrons. The van der Waals surface area contributed by atoms with Gasteiger partial charge < -0.3 is 19.4 Å². The van der Waals surface area contributed by atoms with Crippen molar-refractivity contribution in [1.82, 2.24) is 14.3 Å². The molecule has 150 valence electrons. The quantitative estimate of drug-likeness (QED) is 0.678. The van der Waals surface area contributed by atoms with Gasteiger partial charge in [0.25, 0.3) is 5.91 Å². The second-order valence-corrected chi connectivity index (χ2v) is 7.95. The number of nitrogens with one attached hydrogen (secondary N) is 1. The average molecular weight is 390 g/mol. The number of aryl methyl sites for hydroxylation is 4. The van der Waals surface area contributed by atoms with Gasteiger partial charge in [0.2, 0.25) is 0 Å². The van der Waals surface area contributed by atoms with E-state index in [-0.39, 0.29) is 11.8 Å². The number of carbonyl (C=O) groups is 2. The Kier molecular flexibility index (Phi) is 4.86. The van der Waals surface area contributed by atoms with Gasteiger partial charge in [-0.05, 0) is 50.5 Å². The van der Waals surface area contributed by atoms with Crippen LogP contribution in [0.1, 0.15) is 38.4 Å². The van der Waals surface area contributed by atoms with Crippen molar-refractivity contribution in [2.75, 3.05) is 18.4 Å². The van der Waals surface area contributed by atoms with Crippen LogP contribution in [0.5, 0.6) is 0 Å². The lowest BCUT2D eigenvalue weighted by molar-refractivity contribution is -0.114. The van der Waals surface area contributed by atoms with E-state index in [1.807, 2.05) is 30.5 Å². The third-order valence-corrected chi connectivity index (χ3v) is 5.93. The van der Waals surface area contributed by atoms with Crippen LogP contribution in [-0.2, 0) is 11.3 Å². The average Bonchev–Trinajstić information content (AvgIpc) is 2.95. The smallest absolute Gasteiger partial charge is 0.255 e. The number of benzene rings is 1. The van der Waals surface area contributed by atoms with Crippen LogP contribution < -0.4 is 5.32 Å².